The molecule has 3 rings (SSSR count). The topological polar surface area (TPSA) is 67.8 Å². The Morgan fingerprint density at radius 1 is 1.06 bits per heavy atom. The first-order valence-corrected chi connectivity index (χ1v) is 13.1. The van der Waals surface area contributed by atoms with Crippen LogP contribution in [0.1, 0.15) is 43.4 Å². The van der Waals surface area contributed by atoms with E-state index in [0.29, 0.717) is 36.5 Å². The molecule has 35 heavy (non-hydrogen) atoms. The van der Waals surface area contributed by atoms with Crippen molar-refractivity contribution in [2.45, 2.75) is 62.3 Å². The molecule has 186 valence electrons. The minimum atomic E-state index is -1.32. The van der Waals surface area contributed by atoms with E-state index >= 15 is 0 Å². The molecule has 3 aromatic rings. The van der Waals surface area contributed by atoms with Crippen LogP contribution in [0.25, 0.3) is 0 Å². The first kappa shape index (κ1) is 26.6. The molecule has 0 saturated heterocycles. The third kappa shape index (κ3) is 7.77. The van der Waals surface area contributed by atoms with Crippen molar-refractivity contribution >= 4 is 17.1 Å². The third-order valence-electron chi connectivity index (χ3n) is 5.83. The van der Waals surface area contributed by atoms with Crippen LogP contribution in [0, 0.1) is 6.92 Å². The average molecular weight is 495 g/mol. The van der Waals surface area contributed by atoms with Crippen LogP contribution in [0.4, 0.5) is 0 Å². The fraction of sp³-hybridized carbons (Fsp3) is 0.345. The number of carbonyl (C=O) groups is 1. The quantitative estimate of drug-likeness (QED) is 0.226. The molecule has 1 unspecified atom stereocenters. The van der Waals surface area contributed by atoms with E-state index in [0.717, 1.165) is 33.8 Å². The smallest absolute Gasteiger partial charge is 0.305 e. The van der Waals surface area contributed by atoms with Crippen molar-refractivity contribution < 1.29 is 23.6 Å². The standard InChI is InChI=1S/C29H34O5S/c1-5-23-11-15-27(28(20-23)35(31)26-9-7-6-8-10-26)34-22(3)17-18-33-25-14-12-24(21(2)19-25)13-16-29(30)32-4/h6-12,14-15,19-20,22H,5,13,16-18H2,1-4H3/t22-,35?/m0/s1. The Hall–Kier alpha value is -2.96. The maximum absolute atomic E-state index is 13.3. The van der Waals surface area contributed by atoms with E-state index in [2.05, 4.69) is 6.92 Å². The second-order valence-corrected chi connectivity index (χ2v) is 9.90. The van der Waals surface area contributed by atoms with Gasteiger partial charge < -0.3 is 18.8 Å². The summed E-state index contributed by atoms with van der Waals surface area (Å²) in [4.78, 5) is 12.8. The van der Waals surface area contributed by atoms with Gasteiger partial charge in [-0.05, 0) is 73.7 Å². The summed E-state index contributed by atoms with van der Waals surface area (Å²) in [5.74, 6) is 1.22. The van der Waals surface area contributed by atoms with Crippen LogP contribution in [0.15, 0.2) is 76.5 Å². The molecule has 6 heteroatoms. The summed E-state index contributed by atoms with van der Waals surface area (Å²) >= 11 is -1.32. The molecular formula is C29H34O5S. The molecule has 0 fully saturated rings. The highest BCUT2D eigenvalue weighted by atomic mass is 32.2. The Kier molecular flexibility index (Phi) is 10.1. The SMILES string of the molecule is CCc1ccc(O[C@@H](C)CCOc2ccc(CCC(=O)OC)c(C)c2)c([S+]([O-])c2ccccc2)c1. The van der Waals surface area contributed by atoms with Gasteiger partial charge in [-0.15, -0.1) is 0 Å². The van der Waals surface area contributed by atoms with Gasteiger partial charge in [0.1, 0.15) is 5.75 Å². The minimum absolute atomic E-state index is 0.116. The maximum Gasteiger partial charge on any atom is 0.305 e. The van der Waals surface area contributed by atoms with Crippen LogP contribution < -0.4 is 9.47 Å². The number of rotatable bonds is 12. The Bertz CT molecular complexity index is 1100. The summed E-state index contributed by atoms with van der Waals surface area (Å²) in [7, 11) is 1.40. The van der Waals surface area contributed by atoms with Gasteiger partial charge in [-0.2, -0.15) is 0 Å². The second kappa shape index (κ2) is 13.2. The molecule has 2 atom stereocenters. The molecule has 0 heterocycles. The second-order valence-electron chi connectivity index (χ2n) is 8.45. The van der Waals surface area contributed by atoms with E-state index < -0.39 is 11.2 Å². The summed E-state index contributed by atoms with van der Waals surface area (Å²) in [5.41, 5.74) is 3.31. The predicted octanol–water partition coefficient (Wildman–Crippen LogP) is 6.07. The molecule has 0 amide bonds. The van der Waals surface area contributed by atoms with Crippen molar-refractivity contribution in [1.29, 1.82) is 0 Å². The summed E-state index contributed by atoms with van der Waals surface area (Å²) in [6, 6.07) is 21.3. The zero-order chi connectivity index (χ0) is 25.2. The lowest BCUT2D eigenvalue weighted by Crippen LogP contribution is -2.17. The van der Waals surface area contributed by atoms with E-state index in [1.807, 2.05) is 80.6 Å². The highest BCUT2D eigenvalue weighted by Crippen LogP contribution is 2.31. The third-order valence-corrected chi connectivity index (χ3v) is 7.25. The van der Waals surface area contributed by atoms with Crippen LogP contribution >= 0.6 is 0 Å². The summed E-state index contributed by atoms with van der Waals surface area (Å²) < 4.78 is 30.1. The summed E-state index contributed by atoms with van der Waals surface area (Å²) in [6.07, 6.45) is 2.43. The van der Waals surface area contributed by atoms with E-state index in [4.69, 9.17) is 14.2 Å². The molecule has 0 aliphatic carbocycles. The first-order valence-electron chi connectivity index (χ1n) is 12.0. The fourth-order valence-corrected chi connectivity index (χ4v) is 4.90. The van der Waals surface area contributed by atoms with Crippen molar-refractivity contribution in [2.75, 3.05) is 13.7 Å². The number of esters is 1. The van der Waals surface area contributed by atoms with Crippen molar-refractivity contribution in [2.24, 2.45) is 0 Å². The van der Waals surface area contributed by atoms with Crippen LogP contribution in [-0.2, 0) is 33.5 Å². The number of methoxy groups -OCH3 is 1. The van der Waals surface area contributed by atoms with Crippen LogP contribution in [-0.4, -0.2) is 30.3 Å². The van der Waals surface area contributed by atoms with Gasteiger partial charge in [0, 0.05) is 30.1 Å². The van der Waals surface area contributed by atoms with Crippen LogP contribution in [0.3, 0.4) is 0 Å². The van der Waals surface area contributed by atoms with Gasteiger partial charge in [-0.25, -0.2) is 0 Å². The largest absolute Gasteiger partial charge is 0.606 e. The number of benzene rings is 3. The lowest BCUT2D eigenvalue weighted by atomic mass is 10.0. The fourth-order valence-electron chi connectivity index (χ4n) is 3.68. The van der Waals surface area contributed by atoms with Gasteiger partial charge in [0.05, 0.1) is 19.8 Å². The zero-order valence-electron chi connectivity index (χ0n) is 20.9. The molecule has 0 spiro atoms. The van der Waals surface area contributed by atoms with E-state index in [1.54, 1.807) is 0 Å². The highest BCUT2D eigenvalue weighted by molar-refractivity contribution is 7.91. The number of hydrogen-bond donors (Lipinski definition) is 0. The Morgan fingerprint density at radius 2 is 1.83 bits per heavy atom. The van der Waals surface area contributed by atoms with E-state index in [-0.39, 0.29) is 12.1 Å². The highest BCUT2D eigenvalue weighted by Gasteiger charge is 2.22. The first-order chi connectivity index (χ1) is 16.9. The van der Waals surface area contributed by atoms with Gasteiger partial charge in [0.2, 0.25) is 4.90 Å². The molecule has 5 nitrogen and oxygen atoms in total. The molecule has 0 bridgehead atoms. The number of hydrogen-bond acceptors (Lipinski definition) is 5. The Morgan fingerprint density at radius 3 is 2.51 bits per heavy atom. The summed E-state index contributed by atoms with van der Waals surface area (Å²) in [5, 5.41) is 0. The molecule has 0 aromatic heterocycles. The number of aryl methyl sites for hydroxylation is 3. The molecule has 3 aromatic carbocycles. The van der Waals surface area contributed by atoms with Crippen LogP contribution in [0.5, 0.6) is 11.5 Å². The molecule has 0 aliphatic heterocycles. The molecule has 0 aliphatic rings. The minimum Gasteiger partial charge on any atom is -0.606 e. The number of carbonyl (C=O) groups excluding carboxylic acids is 1. The van der Waals surface area contributed by atoms with Crippen molar-refractivity contribution in [3.05, 3.63) is 83.4 Å². The van der Waals surface area contributed by atoms with Crippen molar-refractivity contribution in [3.8, 4) is 11.5 Å². The molecule has 0 saturated carbocycles. The summed E-state index contributed by atoms with van der Waals surface area (Å²) in [6.45, 7) is 6.58. The number of ether oxygens (including phenoxy) is 3. The zero-order valence-corrected chi connectivity index (χ0v) is 21.7. The van der Waals surface area contributed by atoms with Gasteiger partial charge >= 0.3 is 5.97 Å². The lowest BCUT2D eigenvalue weighted by Gasteiger charge is -2.19. The van der Waals surface area contributed by atoms with Gasteiger partial charge in [0.15, 0.2) is 10.6 Å². The molecule has 0 N–H and O–H groups in total. The maximum atomic E-state index is 13.3. The molecule has 0 radical (unpaired) electrons. The lowest BCUT2D eigenvalue weighted by molar-refractivity contribution is -0.140. The van der Waals surface area contributed by atoms with Crippen molar-refractivity contribution in [1.82, 2.24) is 0 Å². The van der Waals surface area contributed by atoms with E-state index in [9.17, 15) is 9.35 Å². The van der Waals surface area contributed by atoms with Crippen LogP contribution in [0.2, 0.25) is 0 Å². The Balaban J connectivity index is 1.58. The van der Waals surface area contributed by atoms with Gasteiger partial charge in [-0.1, -0.05) is 37.3 Å². The predicted molar refractivity (Wildman–Crippen MR) is 139 cm³/mol. The molecular weight excluding hydrogens is 460 g/mol. The van der Waals surface area contributed by atoms with E-state index in [1.165, 1.54) is 7.11 Å². The Labute approximate surface area is 211 Å². The normalized spacial score (nSPS) is 12.6. The van der Waals surface area contributed by atoms with Gasteiger partial charge in [0.25, 0.3) is 0 Å². The van der Waals surface area contributed by atoms with Gasteiger partial charge in [-0.3, -0.25) is 4.79 Å². The monoisotopic (exact) mass is 494 g/mol. The van der Waals surface area contributed by atoms with Crippen molar-refractivity contribution in [3.63, 3.8) is 0 Å². The average Bonchev–Trinajstić information content (AvgIpc) is 2.88.